The topological polar surface area (TPSA) is 69.1 Å². The van der Waals surface area contributed by atoms with Crippen molar-refractivity contribution in [3.63, 3.8) is 0 Å². The zero-order valence-electron chi connectivity index (χ0n) is 13.8. The molecule has 23 heavy (non-hydrogen) atoms. The summed E-state index contributed by atoms with van der Waals surface area (Å²) in [7, 11) is 0. The highest BCUT2D eigenvalue weighted by Crippen LogP contribution is 2.21. The number of aryl methyl sites for hydroxylation is 3. The van der Waals surface area contributed by atoms with Crippen molar-refractivity contribution < 1.29 is 0 Å². The average molecular weight is 309 g/mol. The van der Waals surface area contributed by atoms with Crippen LogP contribution in [0.5, 0.6) is 0 Å². The maximum atomic E-state index is 5.54. The van der Waals surface area contributed by atoms with E-state index < -0.39 is 0 Å². The van der Waals surface area contributed by atoms with E-state index in [-0.39, 0.29) is 0 Å². The minimum absolute atomic E-state index is 0.746. The van der Waals surface area contributed by atoms with Gasteiger partial charge in [0.25, 0.3) is 0 Å². The zero-order chi connectivity index (χ0) is 16.2. The SMILES string of the molecule is Cc1ccc(-c2ccc3nnc(CCCCCN)n3n2)cc1C. The fourth-order valence-corrected chi connectivity index (χ4v) is 2.65. The second-order valence-electron chi connectivity index (χ2n) is 6.00. The first kappa shape index (κ1) is 15.6. The van der Waals surface area contributed by atoms with E-state index >= 15 is 0 Å². The summed E-state index contributed by atoms with van der Waals surface area (Å²) in [6.07, 6.45) is 4.11. The van der Waals surface area contributed by atoms with Gasteiger partial charge < -0.3 is 5.73 Å². The lowest BCUT2D eigenvalue weighted by Crippen LogP contribution is -2.02. The van der Waals surface area contributed by atoms with Crippen LogP contribution in [0.25, 0.3) is 16.9 Å². The highest BCUT2D eigenvalue weighted by Gasteiger charge is 2.09. The molecule has 5 heteroatoms. The Bertz CT molecular complexity index is 806. The number of rotatable bonds is 6. The van der Waals surface area contributed by atoms with Crippen LogP contribution >= 0.6 is 0 Å². The van der Waals surface area contributed by atoms with E-state index in [2.05, 4.69) is 42.2 Å². The van der Waals surface area contributed by atoms with E-state index in [4.69, 9.17) is 10.8 Å². The van der Waals surface area contributed by atoms with E-state index in [0.717, 1.165) is 55.0 Å². The van der Waals surface area contributed by atoms with E-state index in [1.54, 1.807) is 0 Å². The minimum atomic E-state index is 0.746. The fraction of sp³-hybridized carbons (Fsp3) is 0.389. The molecule has 0 amide bonds. The van der Waals surface area contributed by atoms with Gasteiger partial charge in [0.05, 0.1) is 5.69 Å². The van der Waals surface area contributed by atoms with Crippen molar-refractivity contribution in [3.8, 4) is 11.3 Å². The molecular weight excluding hydrogens is 286 g/mol. The van der Waals surface area contributed by atoms with Gasteiger partial charge in [0.2, 0.25) is 0 Å². The summed E-state index contributed by atoms with van der Waals surface area (Å²) in [6.45, 7) is 4.99. The summed E-state index contributed by atoms with van der Waals surface area (Å²) in [5.74, 6) is 0.919. The Morgan fingerprint density at radius 3 is 2.61 bits per heavy atom. The van der Waals surface area contributed by atoms with Crippen molar-refractivity contribution in [1.29, 1.82) is 0 Å². The molecule has 2 heterocycles. The summed E-state index contributed by atoms with van der Waals surface area (Å²) in [4.78, 5) is 0. The van der Waals surface area contributed by atoms with Crippen LogP contribution in [0.3, 0.4) is 0 Å². The Morgan fingerprint density at radius 2 is 1.83 bits per heavy atom. The zero-order valence-corrected chi connectivity index (χ0v) is 13.8. The Labute approximate surface area is 136 Å². The Hall–Kier alpha value is -2.27. The molecular formula is C18H23N5. The molecule has 120 valence electrons. The Balaban J connectivity index is 1.89. The second-order valence-corrected chi connectivity index (χ2v) is 6.00. The lowest BCUT2D eigenvalue weighted by atomic mass is 10.0. The van der Waals surface area contributed by atoms with Crippen molar-refractivity contribution in [2.45, 2.75) is 39.5 Å². The van der Waals surface area contributed by atoms with E-state index in [9.17, 15) is 0 Å². The molecule has 0 bridgehead atoms. The van der Waals surface area contributed by atoms with Crippen LogP contribution in [-0.2, 0) is 6.42 Å². The lowest BCUT2D eigenvalue weighted by Gasteiger charge is -2.06. The van der Waals surface area contributed by atoms with Crippen LogP contribution in [0.15, 0.2) is 30.3 Å². The van der Waals surface area contributed by atoms with Gasteiger partial charge >= 0.3 is 0 Å². The number of aromatic nitrogens is 4. The summed E-state index contributed by atoms with van der Waals surface area (Å²) in [6, 6.07) is 10.4. The molecule has 0 aliphatic rings. The monoisotopic (exact) mass is 309 g/mol. The van der Waals surface area contributed by atoms with Gasteiger partial charge in [-0.1, -0.05) is 18.6 Å². The van der Waals surface area contributed by atoms with Gasteiger partial charge in [0, 0.05) is 12.0 Å². The molecule has 2 N–H and O–H groups in total. The highest BCUT2D eigenvalue weighted by atomic mass is 15.4. The normalized spacial score (nSPS) is 11.3. The van der Waals surface area contributed by atoms with Crippen molar-refractivity contribution in [3.05, 3.63) is 47.3 Å². The van der Waals surface area contributed by atoms with Crippen LogP contribution in [0.1, 0.15) is 36.2 Å². The second kappa shape index (κ2) is 6.87. The molecule has 3 rings (SSSR count). The molecule has 0 saturated carbocycles. The molecule has 0 aliphatic heterocycles. The number of nitrogens with zero attached hydrogens (tertiary/aromatic N) is 4. The first-order valence-electron chi connectivity index (χ1n) is 8.18. The van der Waals surface area contributed by atoms with Gasteiger partial charge in [0.15, 0.2) is 11.5 Å². The van der Waals surface area contributed by atoms with Gasteiger partial charge in [-0.25, -0.2) is 0 Å². The summed E-state index contributed by atoms with van der Waals surface area (Å²) >= 11 is 0. The Morgan fingerprint density at radius 1 is 0.957 bits per heavy atom. The van der Waals surface area contributed by atoms with E-state index in [1.165, 1.54) is 11.1 Å². The van der Waals surface area contributed by atoms with Crippen LogP contribution in [0.2, 0.25) is 0 Å². The molecule has 5 nitrogen and oxygen atoms in total. The summed E-state index contributed by atoms with van der Waals surface area (Å²) in [5, 5.41) is 13.2. The number of nitrogens with two attached hydrogens (primary N) is 1. The fourth-order valence-electron chi connectivity index (χ4n) is 2.65. The molecule has 0 unspecified atom stereocenters. The maximum absolute atomic E-state index is 5.54. The number of fused-ring (bicyclic) bond motifs is 1. The van der Waals surface area contributed by atoms with Crippen molar-refractivity contribution in [2.24, 2.45) is 5.73 Å². The molecule has 0 saturated heterocycles. The minimum Gasteiger partial charge on any atom is -0.330 e. The maximum Gasteiger partial charge on any atom is 0.177 e. The van der Waals surface area contributed by atoms with Crippen molar-refractivity contribution in [1.82, 2.24) is 19.8 Å². The van der Waals surface area contributed by atoms with Crippen LogP contribution < -0.4 is 5.73 Å². The Kier molecular flexibility index (Phi) is 4.67. The predicted octanol–water partition coefficient (Wildman–Crippen LogP) is 3.08. The third-order valence-electron chi connectivity index (χ3n) is 4.23. The number of hydrogen-bond donors (Lipinski definition) is 1. The number of benzene rings is 1. The third-order valence-corrected chi connectivity index (χ3v) is 4.23. The van der Waals surface area contributed by atoms with Gasteiger partial charge in [0.1, 0.15) is 0 Å². The van der Waals surface area contributed by atoms with Crippen LogP contribution in [0, 0.1) is 13.8 Å². The third kappa shape index (κ3) is 3.40. The van der Waals surface area contributed by atoms with Crippen LogP contribution in [0.4, 0.5) is 0 Å². The van der Waals surface area contributed by atoms with E-state index in [0.29, 0.717) is 0 Å². The molecule has 0 spiro atoms. The van der Waals surface area contributed by atoms with Gasteiger partial charge in [-0.3, -0.25) is 0 Å². The van der Waals surface area contributed by atoms with E-state index in [1.807, 2.05) is 16.6 Å². The van der Waals surface area contributed by atoms with Gasteiger partial charge in [-0.05, 0) is 62.6 Å². The predicted molar refractivity (Wildman–Crippen MR) is 92.3 cm³/mol. The highest BCUT2D eigenvalue weighted by molar-refractivity contribution is 5.61. The van der Waals surface area contributed by atoms with Crippen molar-refractivity contribution in [2.75, 3.05) is 6.54 Å². The standard InChI is InChI=1S/C18H23N5/c1-13-7-8-15(12-14(13)2)16-9-10-18-21-20-17(23(18)22-16)6-4-3-5-11-19/h7-10,12H,3-6,11,19H2,1-2H3. The molecule has 0 fully saturated rings. The van der Waals surface area contributed by atoms with Gasteiger partial charge in [-0.2, -0.15) is 9.61 Å². The number of hydrogen-bond acceptors (Lipinski definition) is 4. The molecule has 3 aromatic rings. The quantitative estimate of drug-likeness (QED) is 0.710. The van der Waals surface area contributed by atoms with Gasteiger partial charge in [-0.15, -0.1) is 10.2 Å². The molecule has 0 atom stereocenters. The van der Waals surface area contributed by atoms with Crippen molar-refractivity contribution >= 4 is 5.65 Å². The molecule has 1 aromatic carbocycles. The number of unbranched alkanes of at least 4 members (excludes halogenated alkanes) is 2. The lowest BCUT2D eigenvalue weighted by molar-refractivity contribution is 0.656. The summed E-state index contributed by atoms with van der Waals surface area (Å²) < 4.78 is 1.87. The van der Waals surface area contributed by atoms with Crippen LogP contribution in [-0.4, -0.2) is 26.4 Å². The smallest absolute Gasteiger partial charge is 0.177 e. The average Bonchev–Trinajstić information content (AvgIpc) is 2.96. The molecule has 0 radical (unpaired) electrons. The first-order chi connectivity index (χ1) is 11.2. The molecule has 0 aliphatic carbocycles. The molecule has 2 aromatic heterocycles. The summed E-state index contributed by atoms with van der Waals surface area (Å²) in [5.41, 5.74) is 11.0. The largest absolute Gasteiger partial charge is 0.330 e. The first-order valence-corrected chi connectivity index (χ1v) is 8.18.